The Labute approximate surface area is 272 Å². The van der Waals surface area contributed by atoms with Gasteiger partial charge in [0.2, 0.25) is 0 Å². The van der Waals surface area contributed by atoms with E-state index in [0.717, 1.165) is 56.4 Å². The van der Waals surface area contributed by atoms with Crippen LogP contribution >= 0.6 is 34.0 Å². The molecule has 2 heterocycles. The minimum absolute atomic E-state index is 0.114. The highest BCUT2D eigenvalue weighted by Gasteiger charge is 2.29. The molecule has 2 aliphatic heterocycles. The van der Waals surface area contributed by atoms with Crippen LogP contribution in [-0.4, -0.2) is 60.8 Å². The van der Waals surface area contributed by atoms with Gasteiger partial charge in [0.25, 0.3) is 15.9 Å². The summed E-state index contributed by atoms with van der Waals surface area (Å²) in [7, 11) is -7.97. The van der Waals surface area contributed by atoms with E-state index in [1.54, 1.807) is 24.3 Å². The van der Waals surface area contributed by atoms with Crippen molar-refractivity contribution in [3.8, 4) is 11.1 Å². The van der Waals surface area contributed by atoms with Crippen LogP contribution in [0.3, 0.4) is 0 Å². The van der Waals surface area contributed by atoms with Crippen molar-refractivity contribution in [2.75, 3.05) is 31.1 Å². The van der Waals surface area contributed by atoms with Crippen LogP contribution < -0.4 is 14.3 Å². The number of amides is 1. The molecule has 0 radical (unpaired) electrons. The summed E-state index contributed by atoms with van der Waals surface area (Å²) in [5.41, 5.74) is 4.73. The number of halogens is 2. The van der Waals surface area contributed by atoms with Gasteiger partial charge in [-0.1, -0.05) is 70.4 Å². The van der Waals surface area contributed by atoms with Gasteiger partial charge in [-0.3, -0.25) is 23.5 Å². The number of carbonyl (C=O) groups excluding carboxylic acids is 1. The summed E-state index contributed by atoms with van der Waals surface area (Å²) in [6.45, 7) is 4.10. The van der Waals surface area contributed by atoms with Gasteiger partial charge in [0.15, 0.2) is 0 Å². The molecule has 10 nitrogen and oxygen atoms in total. The van der Waals surface area contributed by atoms with Crippen LogP contribution in [-0.2, 0) is 16.6 Å². The molecule has 234 valence electrons. The molecule has 1 saturated heterocycles. The first-order chi connectivity index (χ1) is 21.5. The highest BCUT2D eigenvalue weighted by atomic mass is 35.5. The average Bonchev–Trinajstić information content (AvgIpc) is 3.01. The molecule has 4 N–H and O–H groups in total. The number of fused-ring (bicyclic) bond motifs is 1. The highest BCUT2D eigenvalue weighted by Crippen LogP contribution is 2.52. The number of hydrogen-bond donors (Lipinski definition) is 4. The number of rotatable bonds is 7. The zero-order valence-corrected chi connectivity index (χ0v) is 26.9. The lowest BCUT2D eigenvalue weighted by Gasteiger charge is -2.36. The zero-order chi connectivity index (χ0) is 31.8. The zero-order valence-electron chi connectivity index (χ0n) is 23.7. The second-order valence-corrected chi connectivity index (χ2v) is 14.9. The lowest BCUT2D eigenvalue weighted by Crippen LogP contribution is -2.46. The first-order valence-electron chi connectivity index (χ1n) is 13.9. The summed E-state index contributed by atoms with van der Waals surface area (Å²) in [6.07, 6.45) is 1.09. The molecule has 1 amide bonds. The van der Waals surface area contributed by atoms with Crippen molar-refractivity contribution < 1.29 is 22.3 Å². The van der Waals surface area contributed by atoms with E-state index in [-0.39, 0.29) is 21.2 Å². The van der Waals surface area contributed by atoms with Gasteiger partial charge in [0.1, 0.15) is 16.1 Å². The Morgan fingerprint density at radius 3 is 2.33 bits per heavy atom. The van der Waals surface area contributed by atoms with E-state index in [2.05, 4.69) is 37.7 Å². The van der Waals surface area contributed by atoms with Crippen LogP contribution in [0.25, 0.3) is 11.1 Å². The Morgan fingerprint density at radius 2 is 1.62 bits per heavy atom. The van der Waals surface area contributed by atoms with Crippen LogP contribution in [0.15, 0.2) is 99.7 Å². The maximum absolute atomic E-state index is 13.1. The predicted octanol–water partition coefficient (Wildman–Crippen LogP) is 6.39. The Kier molecular flexibility index (Phi) is 8.81. The SMILES string of the molecule is O=C(NS(=O)(=O)c1cc2c(cc1Cl)N=CNS2(O)O)c1ccc(N2CCN(Cc3ccccc3-c3ccc(Cl)cc3)CC2)cc1. The Hall–Kier alpha value is -3.62. The molecule has 6 rings (SSSR count). The number of carbonyl (C=O) groups is 1. The molecule has 0 unspecified atom stereocenters. The minimum Gasteiger partial charge on any atom is -0.369 e. The fraction of sp³-hybridized carbons (Fsp3) is 0.161. The Morgan fingerprint density at radius 1 is 0.933 bits per heavy atom. The number of nitrogens with one attached hydrogen (secondary N) is 2. The van der Waals surface area contributed by atoms with Crippen LogP contribution in [0.2, 0.25) is 10.0 Å². The van der Waals surface area contributed by atoms with Crippen molar-refractivity contribution in [3.63, 3.8) is 0 Å². The highest BCUT2D eigenvalue weighted by molar-refractivity contribution is 8.23. The summed E-state index contributed by atoms with van der Waals surface area (Å²) < 4.78 is 51.0. The number of piperazine rings is 1. The maximum atomic E-state index is 13.1. The van der Waals surface area contributed by atoms with Crippen molar-refractivity contribution in [2.45, 2.75) is 16.3 Å². The number of hydrogen-bond acceptors (Lipinski definition) is 9. The van der Waals surface area contributed by atoms with Gasteiger partial charge in [0.05, 0.1) is 10.7 Å². The number of aliphatic imine (C=N–C) groups is 1. The van der Waals surface area contributed by atoms with E-state index in [4.69, 9.17) is 23.2 Å². The van der Waals surface area contributed by atoms with E-state index in [1.807, 2.05) is 35.1 Å². The van der Waals surface area contributed by atoms with Crippen LogP contribution in [0.1, 0.15) is 15.9 Å². The van der Waals surface area contributed by atoms with E-state index in [9.17, 15) is 22.3 Å². The quantitative estimate of drug-likeness (QED) is 0.176. The van der Waals surface area contributed by atoms with Crippen LogP contribution in [0, 0.1) is 0 Å². The van der Waals surface area contributed by atoms with Crippen molar-refractivity contribution in [1.82, 2.24) is 14.3 Å². The average molecular weight is 687 g/mol. The topological polar surface area (TPSA) is 135 Å². The lowest BCUT2D eigenvalue weighted by molar-refractivity contribution is 0.0981. The van der Waals surface area contributed by atoms with Crippen molar-refractivity contribution in [1.29, 1.82) is 0 Å². The third-order valence-corrected chi connectivity index (χ3v) is 11.1. The molecule has 4 aromatic carbocycles. The molecule has 0 saturated carbocycles. The summed E-state index contributed by atoms with van der Waals surface area (Å²) in [5.74, 6) is -0.845. The molecular formula is C31H29Cl2N5O5S2. The fourth-order valence-corrected chi connectivity index (χ4v) is 8.06. The van der Waals surface area contributed by atoms with E-state index in [1.165, 1.54) is 17.2 Å². The van der Waals surface area contributed by atoms with Gasteiger partial charge in [-0.05, 0) is 65.2 Å². The number of sulfonamides is 1. The summed E-state index contributed by atoms with van der Waals surface area (Å²) >= 11 is 12.3. The maximum Gasteiger partial charge on any atom is 0.265 e. The monoisotopic (exact) mass is 685 g/mol. The largest absolute Gasteiger partial charge is 0.369 e. The molecule has 45 heavy (non-hydrogen) atoms. The van der Waals surface area contributed by atoms with Gasteiger partial charge in [-0.15, -0.1) is 0 Å². The summed E-state index contributed by atoms with van der Waals surface area (Å²) in [4.78, 5) is 20.9. The standard InChI is InChI=1S/C31H29Cl2N5O5S2/c32-24-9-5-21(6-10-24)26-4-2-1-3-23(26)19-37-13-15-38(16-14-37)25-11-7-22(8-12-25)31(39)36-45(42,43)29-18-30-28(17-27(29)33)34-20-35-44(30,40)41/h1-12,17-18,20,40-41H,13-16,19H2,(H,34,35)(H,36,39). The molecular weight excluding hydrogens is 657 g/mol. The molecule has 14 heteroatoms. The van der Waals surface area contributed by atoms with E-state index >= 15 is 0 Å². The molecule has 0 spiro atoms. The third-order valence-electron chi connectivity index (χ3n) is 7.69. The number of anilines is 1. The molecule has 0 aromatic heterocycles. The normalized spacial score (nSPS) is 16.8. The Bertz CT molecular complexity index is 1880. The van der Waals surface area contributed by atoms with Crippen molar-refractivity contribution >= 4 is 67.6 Å². The fourth-order valence-electron chi connectivity index (χ4n) is 5.33. The number of benzene rings is 4. The Balaban J connectivity index is 1.08. The second-order valence-electron chi connectivity index (χ2n) is 10.6. The minimum atomic E-state index is -4.45. The van der Waals surface area contributed by atoms with Gasteiger partial charge in [-0.25, -0.2) is 18.1 Å². The van der Waals surface area contributed by atoms with Gasteiger partial charge < -0.3 is 4.90 Å². The summed E-state index contributed by atoms with van der Waals surface area (Å²) in [5, 5.41) is 0.491. The first kappa shape index (κ1) is 31.4. The van der Waals surface area contributed by atoms with Crippen molar-refractivity contribution in [2.24, 2.45) is 4.99 Å². The smallest absolute Gasteiger partial charge is 0.265 e. The molecule has 0 bridgehead atoms. The summed E-state index contributed by atoms with van der Waals surface area (Å²) in [6, 6.07) is 25.2. The van der Waals surface area contributed by atoms with Crippen molar-refractivity contribution in [3.05, 3.63) is 106 Å². The molecule has 4 aromatic rings. The molecule has 0 aliphatic carbocycles. The lowest BCUT2D eigenvalue weighted by atomic mass is 9.99. The van der Waals surface area contributed by atoms with E-state index in [0.29, 0.717) is 5.02 Å². The van der Waals surface area contributed by atoms with Gasteiger partial charge in [0, 0.05) is 49.0 Å². The van der Waals surface area contributed by atoms with Gasteiger partial charge >= 0.3 is 0 Å². The van der Waals surface area contributed by atoms with Crippen LogP contribution in [0.5, 0.6) is 0 Å². The first-order valence-corrected chi connectivity index (χ1v) is 17.7. The molecule has 2 aliphatic rings. The van der Waals surface area contributed by atoms with E-state index < -0.39 is 31.6 Å². The second kappa shape index (κ2) is 12.6. The predicted molar refractivity (Wildman–Crippen MR) is 179 cm³/mol. The number of nitrogens with zero attached hydrogens (tertiary/aromatic N) is 3. The van der Waals surface area contributed by atoms with Gasteiger partial charge in [-0.2, -0.15) is 0 Å². The van der Waals surface area contributed by atoms with Crippen LogP contribution in [0.4, 0.5) is 11.4 Å². The third kappa shape index (κ3) is 6.82. The molecule has 0 atom stereocenters. The molecule has 1 fully saturated rings.